The van der Waals surface area contributed by atoms with Gasteiger partial charge in [-0.15, -0.1) is 0 Å². The van der Waals surface area contributed by atoms with Gasteiger partial charge in [-0.1, -0.05) is 6.42 Å². The summed E-state index contributed by atoms with van der Waals surface area (Å²) in [6.45, 7) is 2.75. The van der Waals surface area contributed by atoms with E-state index in [9.17, 15) is 8.42 Å². The first-order valence-electron chi connectivity index (χ1n) is 9.01. The van der Waals surface area contributed by atoms with E-state index in [-0.39, 0.29) is 11.0 Å². The molecule has 2 aromatic heterocycles. The molecule has 26 heavy (non-hydrogen) atoms. The average Bonchev–Trinajstić information content (AvgIpc) is 3.24. The number of furan rings is 1. The lowest BCUT2D eigenvalue weighted by Crippen LogP contribution is -2.41. The summed E-state index contributed by atoms with van der Waals surface area (Å²) >= 11 is 0. The van der Waals surface area contributed by atoms with E-state index in [1.807, 2.05) is 17.0 Å². The van der Waals surface area contributed by atoms with Crippen molar-refractivity contribution in [2.75, 3.05) is 37.7 Å². The van der Waals surface area contributed by atoms with Crippen molar-refractivity contribution in [1.82, 2.24) is 9.29 Å². The lowest BCUT2D eigenvalue weighted by atomic mass is 10.2. The summed E-state index contributed by atoms with van der Waals surface area (Å²) in [5.41, 5.74) is 0. The quantitative estimate of drug-likeness (QED) is 0.815. The molecule has 2 aliphatic heterocycles. The van der Waals surface area contributed by atoms with Gasteiger partial charge in [-0.2, -0.15) is 4.31 Å². The maximum atomic E-state index is 13.2. The van der Waals surface area contributed by atoms with Gasteiger partial charge < -0.3 is 14.1 Å². The van der Waals surface area contributed by atoms with Crippen LogP contribution < -0.4 is 4.90 Å². The Labute approximate surface area is 153 Å². The summed E-state index contributed by atoms with van der Waals surface area (Å²) < 4.78 is 39.2. The molecule has 0 aliphatic carbocycles. The molecule has 1 unspecified atom stereocenters. The van der Waals surface area contributed by atoms with Crippen molar-refractivity contribution in [1.29, 1.82) is 0 Å². The van der Waals surface area contributed by atoms with E-state index in [0.717, 1.165) is 25.0 Å². The number of hydrogen-bond acceptors (Lipinski definition) is 6. The van der Waals surface area contributed by atoms with E-state index in [1.165, 1.54) is 0 Å². The third kappa shape index (κ3) is 3.36. The number of ether oxygens (including phenoxy) is 1. The van der Waals surface area contributed by atoms with Crippen LogP contribution in [0.2, 0.25) is 0 Å². The zero-order valence-corrected chi connectivity index (χ0v) is 15.4. The topological polar surface area (TPSA) is 75.9 Å². The Morgan fingerprint density at radius 1 is 1.08 bits per heavy atom. The van der Waals surface area contributed by atoms with Crippen LogP contribution in [0.15, 0.2) is 46.0 Å². The molecule has 1 atom stereocenters. The van der Waals surface area contributed by atoms with Crippen LogP contribution >= 0.6 is 0 Å². The number of pyridine rings is 1. The predicted octanol–water partition coefficient (Wildman–Crippen LogP) is 2.43. The SMILES string of the molecule is O=S(=O)(c1cccnc1N1CCOC(c2ccco2)C1)N1CCCCC1. The Balaban J connectivity index is 1.63. The molecule has 0 saturated carbocycles. The molecule has 4 rings (SSSR count). The van der Waals surface area contributed by atoms with Crippen LogP contribution in [0.5, 0.6) is 0 Å². The molecule has 0 bridgehead atoms. The molecule has 8 heteroatoms. The fraction of sp³-hybridized carbons (Fsp3) is 0.500. The van der Waals surface area contributed by atoms with Crippen LogP contribution in [0, 0.1) is 0 Å². The normalized spacial score (nSPS) is 22.5. The summed E-state index contributed by atoms with van der Waals surface area (Å²) in [4.78, 5) is 6.67. The summed E-state index contributed by atoms with van der Waals surface area (Å²) in [5.74, 6) is 1.24. The smallest absolute Gasteiger partial charge is 0.246 e. The molecular formula is C18H23N3O4S. The molecule has 0 N–H and O–H groups in total. The number of sulfonamides is 1. The van der Waals surface area contributed by atoms with E-state index in [4.69, 9.17) is 9.15 Å². The zero-order valence-electron chi connectivity index (χ0n) is 14.6. The second-order valence-corrected chi connectivity index (χ2v) is 8.52. The minimum absolute atomic E-state index is 0.230. The Morgan fingerprint density at radius 2 is 1.92 bits per heavy atom. The Kier molecular flexibility index (Phi) is 4.97. The summed E-state index contributed by atoms with van der Waals surface area (Å²) in [6, 6.07) is 7.04. The van der Waals surface area contributed by atoms with E-state index in [2.05, 4.69) is 4.98 Å². The Bertz CT molecular complexity index is 832. The molecule has 2 saturated heterocycles. The minimum atomic E-state index is -3.55. The van der Waals surface area contributed by atoms with E-state index >= 15 is 0 Å². The predicted molar refractivity (Wildman–Crippen MR) is 96.5 cm³/mol. The second kappa shape index (κ2) is 7.38. The second-order valence-electron chi connectivity index (χ2n) is 6.61. The minimum Gasteiger partial charge on any atom is -0.467 e. The molecule has 0 spiro atoms. The molecule has 140 valence electrons. The Hall–Kier alpha value is -1.90. The molecule has 2 aromatic rings. The number of piperidine rings is 1. The van der Waals surface area contributed by atoms with Crippen LogP contribution in [-0.4, -0.2) is 50.5 Å². The van der Waals surface area contributed by atoms with Crippen LogP contribution in [0.4, 0.5) is 5.82 Å². The zero-order chi connectivity index (χ0) is 18.0. The fourth-order valence-corrected chi connectivity index (χ4v) is 5.23. The molecule has 0 amide bonds. The Morgan fingerprint density at radius 3 is 2.69 bits per heavy atom. The number of aromatic nitrogens is 1. The summed E-state index contributed by atoms with van der Waals surface area (Å²) in [7, 11) is -3.55. The number of nitrogens with zero attached hydrogens (tertiary/aromatic N) is 3. The van der Waals surface area contributed by atoms with Gasteiger partial charge in [0, 0.05) is 25.8 Å². The van der Waals surface area contributed by atoms with Gasteiger partial charge in [-0.3, -0.25) is 0 Å². The molecule has 2 fully saturated rings. The third-order valence-corrected chi connectivity index (χ3v) is 6.83. The van der Waals surface area contributed by atoms with Crippen LogP contribution in [0.3, 0.4) is 0 Å². The first-order chi connectivity index (χ1) is 12.7. The van der Waals surface area contributed by atoms with Gasteiger partial charge in [0.2, 0.25) is 10.0 Å². The highest BCUT2D eigenvalue weighted by molar-refractivity contribution is 7.89. The van der Waals surface area contributed by atoms with Crippen LogP contribution in [0.25, 0.3) is 0 Å². The molecule has 0 radical (unpaired) electrons. The van der Waals surface area contributed by atoms with Gasteiger partial charge in [-0.05, 0) is 37.1 Å². The lowest BCUT2D eigenvalue weighted by molar-refractivity contribution is 0.0253. The molecule has 4 heterocycles. The maximum Gasteiger partial charge on any atom is 0.246 e. The number of rotatable bonds is 4. The summed E-state index contributed by atoms with van der Waals surface area (Å²) in [6.07, 6.45) is 5.93. The molecule has 2 aliphatic rings. The average molecular weight is 377 g/mol. The van der Waals surface area contributed by atoms with E-state index in [0.29, 0.717) is 38.6 Å². The van der Waals surface area contributed by atoms with Gasteiger partial charge in [0.05, 0.1) is 19.4 Å². The van der Waals surface area contributed by atoms with Crippen molar-refractivity contribution in [2.24, 2.45) is 0 Å². The van der Waals surface area contributed by atoms with Crippen molar-refractivity contribution in [2.45, 2.75) is 30.3 Å². The highest BCUT2D eigenvalue weighted by atomic mass is 32.2. The number of morpholine rings is 1. The third-order valence-electron chi connectivity index (χ3n) is 4.91. The first-order valence-corrected chi connectivity index (χ1v) is 10.5. The fourth-order valence-electron chi connectivity index (χ4n) is 3.55. The van der Waals surface area contributed by atoms with Gasteiger partial charge in [0.15, 0.2) is 0 Å². The van der Waals surface area contributed by atoms with Gasteiger partial charge in [0.25, 0.3) is 0 Å². The van der Waals surface area contributed by atoms with Crippen LogP contribution in [-0.2, 0) is 14.8 Å². The van der Waals surface area contributed by atoms with Crippen molar-refractivity contribution in [3.05, 3.63) is 42.5 Å². The molecule has 0 aromatic carbocycles. The standard InChI is InChI=1S/C18H23N3O4S/c22-26(23,21-9-2-1-3-10-21)17-7-4-8-19-18(17)20-11-13-25-16(14-20)15-6-5-12-24-15/h4-8,12,16H,1-3,9-11,13-14H2. The first kappa shape index (κ1) is 17.5. The number of anilines is 1. The highest BCUT2D eigenvalue weighted by Gasteiger charge is 2.32. The maximum absolute atomic E-state index is 13.2. The van der Waals surface area contributed by atoms with Crippen molar-refractivity contribution < 1.29 is 17.6 Å². The highest BCUT2D eigenvalue weighted by Crippen LogP contribution is 2.31. The lowest BCUT2D eigenvalue weighted by Gasteiger charge is -2.34. The monoisotopic (exact) mass is 377 g/mol. The summed E-state index contributed by atoms with van der Waals surface area (Å²) in [5, 5.41) is 0. The van der Waals surface area contributed by atoms with Gasteiger partial charge in [-0.25, -0.2) is 13.4 Å². The van der Waals surface area contributed by atoms with Crippen molar-refractivity contribution in [3.8, 4) is 0 Å². The van der Waals surface area contributed by atoms with Gasteiger partial charge >= 0.3 is 0 Å². The molecule has 7 nitrogen and oxygen atoms in total. The van der Waals surface area contributed by atoms with Crippen molar-refractivity contribution >= 4 is 15.8 Å². The molecular weight excluding hydrogens is 354 g/mol. The van der Waals surface area contributed by atoms with Gasteiger partial charge in [0.1, 0.15) is 22.6 Å². The largest absolute Gasteiger partial charge is 0.467 e. The van der Waals surface area contributed by atoms with E-state index < -0.39 is 10.0 Å². The van der Waals surface area contributed by atoms with E-state index in [1.54, 1.807) is 28.9 Å². The number of hydrogen-bond donors (Lipinski definition) is 0. The van der Waals surface area contributed by atoms with Crippen LogP contribution in [0.1, 0.15) is 31.1 Å². The van der Waals surface area contributed by atoms with Crippen molar-refractivity contribution in [3.63, 3.8) is 0 Å².